The van der Waals surface area contributed by atoms with Crippen LogP contribution in [0.1, 0.15) is 48.0 Å². The summed E-state index contributed by atoms with van der Waals surface area (Å²) < 4.78 is 6.35. The molecule has 20 heavy (non-hydrogen) atoms. The maximum atomic E-state index is 12.6. The summed E-state index contributed by atoms with van der Waals surface area (Å²) in [7, 11) is 0. The molecular weight excluding hydrogens is 270 g/mol. The molecule has 4 heteroatoms. The fourth-order valence-corrected chi connectivity index (χ4v) is 4.46. The van der Waals surface area contributed by atoms with Crippen molar-refractivity contribution in [1.82, 2.24) is 4.90 Å². The maximum Gasteiger partial charge on any atom is 0.171 e. The van der Waals surface area contributed by atoms with Crippen LogP contribution in [0.2, 0.25) is 0 Å². The number of thioether (sulfide) groups is 1. The molecule has 2 fully saturated rings. The average Bonchev–Trinajstić information content (AvgIpc) is 2.41. The molecule has 116 valence electrons. The van der Waals surface area contributed by atoms with Crippen LogP contribution in [0.4, 0.5) is 0 Å². The van der Waals surface area contributed by atoms with E-state index in [1.165, 1.54) is 6.42 Å². The van der Waals surface area contributed by atoms with Gasteiger partial charge in [-0.2, -0.15) is 11.8 Å². The third kappa shape index (κ3) is 3.40. The number of hydrogen-bond donors (Lipinski definition) is 0. The molecule has 1 atom stereocenters. The van der Waals surface area contributed by atoms with Gasteiger partial charge in [0.1, 0.15) is 5.60 Å². The monoisotopic (exact) mass is 299 g/mol. The van der Waals surface area contributed by atoms with Crippen LogP contribution >= 0.6 is 11.8 Å². The van der Waals surface area contributed by atoms with Crippen LogP contribution in [0.25, 0.3) is 0 Å². The zero-order chi connectivity index (χ0) is 15.2. The molecule has 0 aromatic heterocycles. The van der Waals surface area contributed by atoms with E-state index in [0.717, 1.165) is 25.4 Å². The van der Waals surface area contributed by atoms with E-state index in [-0.39, 0.29) is 17.3 Å². The van der Waals surface area contributed by atoms with Crippen molar-refractivity contribution in [2.45, 2.75) is 63.9 Å². The molecule has 1 unspecified atom stereocenters. The summed E-state index contributed by atoms with van der Waals surface area (Å²) in [6.07, 6.45) is 1.18. The van der Waals surface area contributed by atoms with Crippen molar-refractivity contribution < 1.29 is 9.53 Å². The molecule has 2 rings (SSSR count). The second-order valence-corrected chi connectivity index (χ2v) is 9.59. The van der Waals surface area contributed by atoms with Gasteiger partial charge in [0.05, 0.1) is 11.5 Å². The summed E-state index contributed by atoms with van der Waals surface area (Å²) in [5.41, 5.74) is -0.983. The molecular formula is C16H29NO2S. The molecule has 0 aliphatic carbocycles. The first-order valence-electron chi connectivity index (χ1n) is 7.64. The Morgan fingerprint density at radius 1 is 1.20 bits per heavy atom. The summed E-state index contributed by atoms with van der Waals surface area (Å²) in [5.74, 6) is 1.40. The second-order valence-electron chi connectivity index (χ2n) is 7.79. The van der Waals surface area contributed by atoms with Crippen LogP contribution in [0.3, 0.4) is 0 Å². The van der Waals surface area contributed by atoms with Crippen molar-refractivity contribution >= 4 is 17.5 Å². The van der Waals surface area contributed by atoms with Gasteiger partial charge >= 0.3 is 0 Å². The number of Topliss-reactive ketones (excluding diaryl/α,β-unsaturated/α-hetero) is 1. The summed E-state index contributed by atoms with van der Waals surface area (Å²) in [6, 6.07) is 0. The van der Waals surface area contributed by atoms with Gasteiger partial charge in [-0.3, -0.25) is 4.79 Å². The molecule has 0 saturated carbocycles. The Labute approximate surface area is 127 Å². The van der Waals surface area contributed by atoms with Gasteiger partial charge in [-0.1, -0.05) is 13.8 Å². The van der Waals surface area contributed by atoms with Gasteiger partial charge in [0.2, 0.25) is 0 Å². The minimum Gasteiger partial charge on any atom is -0.361 e. The Morgan fingerprint density at radius 3 is 2.40 bits per heavy atom. The lowest BCUT2D eigenvalue weighted by Gasteiger charge is -2.30. The SMILES string of the molecule is CC1(C)CCN(CC2C(=O)C(C)(C)OC2(C)C)CCS1. The van der Waals surface area contributed by atoms with Crippen molar-refractivity contribution in [2.24, 2.45) is 5.92 Å². The third-order valence-electron chi connectivity index (χ3n) is 4.64. The molecule has 0 radical (unpaired) electrons. The van der Waals surface area contributed by atoms with Crippen molar-refractivity contribution in [3.63, 3.8) is 0 Å². The lowest BCUT2D eigenvalue weighted by atomic mass is 9.85. The van der Waals surface area contributed by atoms with E-state index in [0.29, 0.717) is 4.75 Å². The van der Waals surface area contributed by atoms with Gasteiger partial charge < -0.3 is 9.64 Å². The maximum absolute atomic E-state index is 12.6. The molecule has 0 bridgehead atoms. The molecule has 0 aromatic carbocycles. The number of rotatable bonds is 2. The number of carbonyl (C=O) groups excluding carboxylic acids is 1. The highest BCUT2D eigenvalue weighted by Gasteiger charge is 2.53. The number of ketones is 1. The first-order valence-corrected chi connectivity index (χ1v) is 8.63. The fraction of sp³-hybridized carbons (Fsp3) is 0.938. The van der Waals surface area contributed by atoms with Crippen LogP contribution in [0, 0.1) is 5.92 Å². The highest BCUT2D eigenvalue weighted by atomic mass is 32.2. The van der Waals surface area contributed by atoms with Gasteiger partial charge in [-0.15, -0.1) is 0 Å². The Kier molecular flexibility index (Phi) is 4.32. The summed E-state index contributed by atoms with van der Waals surface area (Å²) in [5, 5.41) is 0. The smallest absolute Gasteiger partial charge is 0.171 e. The van der Waals surface area contributed by atoms with Gasteiger partial charge in [0, 0.05) is 23.6 Å². The number of hydrogen-bond acceptors (Lipinski definition) is 4. The van der Waals surface area contributed by atoms with E-state index in [1.54, 1.807) is 0 Å². The molecule has 0 amide bonds. The van der Waals surface area contributed by atoms with E-state index in [9.17, 15) is 4.79 Å². The Bertz CT molecular complexity index is 390. The third-order valence-corrected chi connectivity index (χ3v) is 6.01. The van der Waals surface area contributed by atoms with Crippen molar-refractivity contribution in [3.05, 3.63) is 0 Å². The first kappa shape index (κ1) is 16.3. The lowest BCUT2D eigenvalue weighted by Crippen LogP contribution is -2.42. The minimum atomic E-state index is -0.631. The van der Waals surface area contributed by atoms with Crippen LogP contribution in [0.5, 0.6) is 0 Å². The van der Waals surface area contributed by atoms with E-state index in [4.69, 9.17) is 4.74 Å². The Morgan fingerprint density at radius 2 is 1.85 bits per heavy atom. The van der Waals surface area contributed by atoms with Crippen LogP contribution in [-0.2, 0) is 9.53 Å². The first-order chi connectivity index (χ1) is 9.04. The number of carbonyl (C=O) groups is 1. The highest BCUT2D eigenvalue weighted by molar-refractivity contribution is 8.00. The molecule has 0 N–H and O–H groups in total. The quantitative estimate of drug-likeness (QED) is 0.784. The van der Waals surface area contributed by atoms with Crippen molar-refractivity contribution in [3.8, 4) is 0 Å². The Hall–Kier alpha value is -0.0600. The molecule has 2 saturated heterocycles. The van der Waals surface area contributed by atoms with E-state index >= 15 is 0 Å². The molecule has 2 aliphatic heterocycles. The zero-order valence-corrected chi connectivity index (χ0v) is 14.6. The van der Waals surface area contributed by atoms with E-state index in [1.807, 2.05) is 25.6 Å². The van der Waals surface area contributed by atoms with Crippen LogP contribution in [0.15, 0.2) is 0 Å². The van der Waals surface area contributed by atoms with Gasteiger partial charge in [-0.25, -0.2) is 0 Å². The number of ether oxygens (including phenoxy) is 1. The second kappa shape index (κ2) is 5.29. The molecule has 0 spiro atoms. The summed E-state index contributed by atoms with van der Waals surface area (Å²) in [6.45, 7) is 15.6. The molecule has 0 aromatic rings. The average molecular weight is 299 g/mol. The summed E-state index contributed by atoms with van der Waals surface area (Å²) >= 11 is 2.05. The molecule has 2 aliphatic rings. The lowest BCUT2D eigenvalue weighted by molar-refractivity contribution is -0.132. The van der Waals surface area contributed by atoms with E-state index in [2.05, 4.69) is 32.6 Å². The predicted octanol–water partition coefficient (Wildman–Crippen LogP) is 2.98. The standard InChI is InChI=1S/C16H29NO2S/c1-14(2)7-8-17(9-10-20-14)11-12-13(18)16(5,6)19-15(12,3)4/h12H,7-11H2,1-6H3. The predicted molar refractivity (Wildman–Crippen MR) is 85.3 cm³/mol. The molecule has 3 nitrogen and oxygen atoms in total. The highest BCUT2D eigenvalue weighted by Crippen LogP contribution is 2.40. The largest absolute Gasteiger partial charge is 0.361 e. The van der Waals surface area contributed by atoms with Crippen molar-refractivity contribution in [1.29, 1.82) is 0 Å². The van der Waals surface area contributed by atoms with Gasteiger partial charge in [-0.05, 0) is 40.7 Å². The minimum absolute atomic E-state index is 0.0105. The fourth-order valence-electron chi connectivity index (χ4n) is 3.32. The summed E-state index contributed by atoms with van der Waals surface area (Å²) in [4.78, 5) is 15.0. The Balaban J connectivity index is 2.04. The zero-order valence-electron chi connectivity index (χ0n) is 13.8. The number of nitrogens with zero attached hydrogens (tertiary/aromatic N) is 1. The van der Waals surface area contributed by atoms with Crippen LogP contribution in [-0.4, -0.2) is 52.0 Å². The normalized spacial score (nSPS) is 33.1. The van der Waals surface area contributed by atoms with Gasteiger partial charge in [0.25, 0.3) is 0 Å². The molecule has 2 heterocycles. The van der Waals surface area contributed by atoms with Gasteiger partial charge in [0.15, 0.2) is 5.78 Å². The van der Waals surface area contributed by atoms with E-state index < -0.39 is 5.60 Å². The topological polar surface area (TPSA) is 29.5 Å². The van der Waals surface area contributed by atoms with Crippen LogP contribution < -0.4 is 0 Å². The van der Waals surface area contributed by atoms with Crippen molar-refractivity contribution in [2.75, 3.05) is 25.4 Å².